The lowest BCUT2D eigenvalue weighted by Crippen LogP contribution is -2.29. The first-order valence-corrected chi connectivity index (χ1v) is 9.18. The van der Waals surface area contributed by atoms with Gasteiger partial charge in [0.2, 0.25) is 0 Å². The Balaban J connectivity index is 0.00000272. The van der Waals surface area contributed by atoms with Crippen molar-refractivity contribution in [3.05, 3.63) is 101 Å². The predicted molar refractivity (Wildman–Crippen MR) is 114 cm³/mol. The number of carbonyl (C=O) groups is 2. The van der Waals surface area contributed by atoms with Gasteiger partial charge in [-0.2, -0.15) is 0 Å². The highest BCUT2D eigenvalue weighted by atomic mass is 35.5. The van der Waals surface area contributed by atoms with Crippen LogP contribution in [0.15, 0.2) is 78.6 Å². The highest BCUT2D eigenvalue weighted by molar-refractivity contribution is 6.46. The number of aromatic hydroxyl groups is 1. The Morgan fingerprint density at radius 2 is 1.71 bits per heavy atom. The van der Waals surface area contributed by atoms with Gasteiger partial charge in [0, 0.05) is 24.5 Å². The topological polar surface area (TPSA) is 90.7 Å². The summed E-state index contributed by atoms with van der Waals surface area (Å²) < 4.78 is 13.3. The Hall–Kier alpha value is -3.71. The third-order valence-corrected chi connectivity index (χ3v) is 4.94. The number of aromatic nitrogens is 1. The molecule has 1 aromatic heterocycles. The number of hydrogen-bond donors (Lipinski definition) is 2. The zero-order valence-corrected chi connectivity index (χ0v) is 16.9. The van der Waals surface area contributed by atoms with E-state index in [0.717, 1.165) is 12.1 Å². The van der Waals surface area contributed by atoms with Crippen LogP contribution in [0.4, 0.5) is 4.39 Å². The molecule has 2 aromatic carbocycles. The van der Waals surface area contributed by atoms with Crippen molar-refractivity contribution >= 4 is 29.9 Å². The fraction of sp³-hybridized carbons (Fsp3) is 0.0870. The molecule has 0 saturated carbocycles. The van der Waals surface area contributed by atoms with E-state index < -0.39 is 23.5 Å². The molecule has 0 aliphatic carbocycles. The van der Waals surface area contributed by atoms with Crippen molar-refractivity contribution in [2.75, 3.05) is 0 Å². The molecule has 8 heteroatoms. The second-order valence-corrected chi connectivity index (χ2v) is 6.89. The summed E-state index contributed by atoms with van der Waals surface area (Å²) in [5.74, 6) is -2.44. The number of benzene rings is 2. The maximum atomic E-state index is 13.3. The van der Waals surface area contributed by atoms with Gasteiger partial charge in [-0.1, -0.05) is 18.2 Å². The van der Waals surface area contributed by atoms with Crippen molar-refractivity contribution in [1.29, 1.82) is 0 Å². The highest BCUT2D eigenvalue weighted by Gasteiger charge is 2.46. The van der Waals surface area contributed by atoms with Crippen LogP contribution in [0.2, 0.25) is 0 Å². The Morgan fingerprint density at radius 3 is 2.32 bits per heavy atom. The lowest BCUT2D eigenvalue weighted by Gasteiger charge is -2.25. The summed E-state index contributed by atoms with van der Waals surface area (Å²) in [5.41, 5.74) is 1.38. The summed E-state index contributed by atoms with van der Waals surface area (Å²) >= 11 is 0. The van der Waals surface area contributed by atoms with Crippen LogP contribution in [-0.4, -0.2) is 31.8 Å². The number of nitrogens with zero attached hydrogens (tertiary/aromatic N) is 2. The molecule has 0 bridgehead atoms. The van der Waals surface area contributed by atoms with E-state index in [1.54, 1.807) is 36.7 Å². The number of Topliss-reactive ketones (excluding diaryl/α,β-unsaturated/α-hetero) is 1. The minimum Gasteiger partial charge on any atom is -0.508 e. The van der Waals surface area contributed by atoms with E-state index in [-0.39, 0.29) is 41.6 Å². The number of aliphatic hydroxyl groups is 1. The quantitative estimate of drug-likeness (QED) is 0.364. The van der Waals surface area contributed by atoms with E-state index in [2.05, 4.69) is 4.98 Å². The van der Waals surface area contributed by atoms with Gasteiger partial charge >= 0.3 is 0 Å². The molecule has 31 heavy (non-hydrogen) atoms. The molecule has 158 valence electrons. The highest BCUT2D eigenvalue weighted by Crippen LogP contribution is 2.40. The fourth-order valence-electron chi connectivity index (χ4n) is 3.50. The van der Waals surface area contributed by atoms with Crippen LogP contribution in [0, 0.1) is 5.82 Å². The standard InChI is InChI=1S/C23H17FN2O4.ClH/c24-17-7-3-16(4-8-17)21(28)19-20(15-5-9-18(27)10-6-15)26(23(30)22(19)29)13-14-2-1-11-25-12-14;/h1-12,20,27-28H,13H2;1H. The fourth-order valence-corrected chi connectivity index (χ4v) is 3.50. The van der Waals surface area contributed by atoms with Gasteiger partial charge in [0.1, 0.15) is 17.3 Å². The SMILES string of the molecule is Cl.O=C1C(=O)N(Cc2cccnc2)C(c2ccc(O)cc2)C1=C(O)c1ccc(F)cc1. The number of pyridine rings is 1. The summed E-state index contributed by atoms with van der Waals surface area (Å²) in [6.07, 6.45) is 3.19. The molecular weight excluding hydrogens is 423 g/mol. The summed E-state index contributed by atoms with van der Waals surface area (Å²) in [7, 11) is 0. The molecule has 3 aromatic rings. The van der Waals surface area contributed by atoms with Crippen molar-refractivity contribution in [2.24, 2.45) is 0 Å². The zero-order chi connectivity index (χ0) is 21.3. The first kappa shape index (κ1) is 22.0. The van der Waals surface area contributed by atoms with Gasteiger partial charge in [-0.3, -0.25) is 14.6 Å². The molecule has 1 amide bonds. The van der Waals surface area contributed by atoms with Gasteiger partial charge in [-0.25, -0.2) is 4.39 Å². The number of ketones is 1. The lowest BCUT2D eigenvalue weighted by atomic mass is 9.95. The van der Waals surface area contributed by atoms with Gasteiger partial charge < -0.3 is 15.1 Å². The number of amides is 1. The van der Waals surface area contributed by atoms with Crippen molar-refractivity contribution in [2.45, 2.75) is 12.6 Å². The number of phenols is 1. The monoisotopic (exact) mass is 440 g/mol. The molecule has 1 aliphatic heterocycles. The Labute approximate surface area is 183 Å². The van der Waals surface area contributed by atoms with E-state index in [1.807, 2.05) is 0 Å². The largest absolute Gasteiger partial charge is 0.508 e. The minimum atomic E-state index is -0.879. The smallest absolute Gasteiger partial charge is 0.295 e. The lowest BCUT2D eigenvalue weighted by molar-refractivity contribution is -0.140. The number of likely N-dealkylation sites (tertiary alicyclic amines) is 1. The number of aliphatic hydroxyl groups excluding tert-OH is 1. The third kappa shape index (κ3) is 4.27. The van der Waals surface area contributed by atoms with Crippen LogP contribution in [0.5, 0.6) is 5.75 Å². The van der Waals surface area contributed by atoms with Crippen molar-refractivity contribution in [1.82, 2.24) is 9.88 Å². The predicted octanol–water partition coefficient (Wildman–Crippen LogP) is 3.97. The Morgan fingerprint density at radius 1 is 1.03 bits per heavy atom. The van der Waals surface area contributed by atoms with Crippen LogP contribution in [-0.2, 0) is 16.1 Å². The second kappa shape index (κ2) is 8.97. The van der Waals surface area contributed by atoms with E-state index in [4.69, 9.17) is 0 Å². The molecule has 4 rings (SSSR count). The van der Waals surface area contributed by atoms with E-state index in [0.29, 0.717) is 11.1 Å². The van der Waals surface area contributed by atoms with Gasteiger partial charge in [-0.05, 0) is 53.6 Å². The summed E-state index contributed by atoms with van der Waals surface area (Å²) in [6, 6.07) is 13.7. The summed E-state index contributed by atoms with van der Waals surface area (Å²) in [5, 5.41) is 20.5. The first-order valence-electron chi connectivity index (χ1n) is 9.18. The summed E-state index contributed by atoms with van der Waals surface area (Å²) in [6.45, 7) is 0.101. The van der Waals surface area contributed by atoms with Gasteiger partial charge in [0.05, 0.1) is 11.6 Å². The average Bonchev–Trinajstić information content (AvgIpc) is 3.00. The maximum Gasteiger partial charge on any atom is 0.295 e. The molecule has 6 nitrogen and oxygen atoms in total. The molecule has 1 unspecified atom stereocenters. The average molecular weight is 441 g/mol. The molecule has 2 heterocycles. The molecule has 2 N–H and O–H groups in total. The van der Waals surface area contributed by atoms with E-state index in [1.165, 1.54) is 29.2 Å². The maximum absolute atomic E-state index is 13.3. The van der Waals surface area contributed by atoms with Crippen molar-refractivity contribution in [3.8, 4) is 5.75 Å². The molecule has 1 fully saturated rings. The van der Waals surface area contributed by atoms with Crippen LogP contribution < -0.4 is 0 Å². The number of halogens is 2. The van der Waals surface area contributed by atoms with E-state index >= 15 is 0 Å². The van der Waals surface area contributed by atoms with Gasteiger partial charge in [0.25, 0.3) is 11.7 Å². The number of rotatable bonds is 4. The van der Waals surface area contributed by atoms with Crippen LogP contribution in [0.1, 0.15) is 22.7 Å². The minimum absolute atomic E-state index is 0. The van der Waals surface area contributed by atoms with Gasteiger partial charge in [0.15, 0.2) is 0 Å². The molecule has 0 spiro atoms. The Kier molecular flexibility index (Phi) is 6.36. The Bertz CT molecular complexity index is 1130. The van der Waals surface area contributed by atoms with E-state index in [9.17, 15) is 24.2 Å². The van der Waals surface area contributed by atoms with Crippen molar-refractivity contribution in [3.63, 3.8) is 0 Å². The molecular formula is C23H18ClFN2O4. The molecule has 1 aliphatic rings. The van der Waals surface area contributed by atoms with Crippen LogP contribution in [0.25, 0.3) is 5.76 Å². The first-order chi connectivity index (χ1) is 14.5. The molecule has 1 saturated heterocycles. The van der Waals surface area contributed by atoms with Crippen LogP contribution in [0.3, 0.4) is 0 Å². The number of carbonyl (C=O) groups excluding carboxylic acids is 2. The number of phenolic OH excluding ortho intramolecular Hbond substituents is 1. The van der Waals surface area contributed by atoms with Gasteiger partial charge in [-0.15, -0.1) is 12.4 Å². The zero-order valence-electron chi connectivity index (χ0n) is 16.1. The third-order valence-electron chi connectivity index (χ3n) is 4.94. The molecule has 1 atom stereocenters. The van der Waals surface area contributed by atoms with Crippen LogP contribution >= 0.6 is 12.4 Å². The van der Waals surface area contributed by atoms with Crippen molar-refractivity contribution < 1.29 is 24.2 Å². The number of hydrogen-bond acceptors (Lipinski definition) is 5. The molecule has 0 radical (unpaired) electrons. The summed E-state index contributed by atoms with van der Waals surface area (Å²) in [4.78, 5) is 31.1. The second-order valence-electron chi connectivity index (χ2n) is 6.89. The normalized spacial score (nSPS) is 17.5.